The smallest absolute Gasteiger partial charge is 0.545 e. The van der Waals surface area contributed by atoms with Crippen LogP contribution < -0.4 is 30.6 Å². The average Bonchev–Trinajstić information content (AvgIpc) is 2.67. The molecule has 9 N–H and O–H groups in total. The van der Waals surface area contributed by atoms with Crippen molar-refractivity contribution in [3.05, 3.63) is 69.8 Å². The molecule has 0 atom stereocenters. The van der Waals surface area contributed by atoms with E-state index in [1.54, 1.807) is 0 Å². The first kappa shape index (κ1) is 46.1. The van der Waals surface area contributed by atoms with Crippen LogP contribution in [0.2, 0.25) is 0 Å². The Morgan fingerprint density at radius 1 is 0.333 bits per heavy atom. The Kier molecular flexibility index (Phi) is 25.5. The summed E-state index contributed by atoms with van der Waals surface area (Å²) in [6, 6.07) is 4.48. The Morgan fingerprint density at radius 2 is 0.417 bits per heavy atom. The zero-order valence-electron chi connectivity index (χ0n) is 17.0. The van der Waals surface area contributed by atoms with Gasteiger partial charge in [0.05, 0.1) is 35.8 Å². The summed E-state index contributed by atoms with van der Waals surface area (Å²) in [6.45, 7) is 0. The van der Waals surface area contributed by atoms with E-state index in [1.165, 1.54) is 0 Å². The normalized spacial score (nSPS) is 8.00. The molecule has 36 heavy (non-hydrogen) atoms. The molecule has 3 radical (unpaired) electrons. The van der Waals surface area contributed by atoms with Gasteiger partial charge in [-0.1, -0.05) is 0 Å². The van der Waals surface area contributed by atoms with E-state index in [-0.39, 0.29) is 67.6 Å². The minimum atomic E-state index is -1.68. The van der Waals surface area contributed by atoms with Gasteiger partial charge in [-0.25, -0.2) is 0 Å². The third kappa shape index (κ3) is 13.6. The van der Waals surface area contributed by atoms with Crippen molar-refractivity contribution in [2.45, 2.75) is 0 Å². The Labute approximate surface area is 232 Å². The molecule has 15 nitrogen and oxygen atoms in total. The van der Waals surface area contributed by atoms with Gasteiger partial charge in [-0.15, -0.1) is 0 Å². The molecule has 0 unspecified atom stereocenters. The fraction of sp³-hybridized carbons (Fsp3) is 0. The van der Waals surface area contributed by atoms with Gasteiger partial charge in [-0.3, -0.25) is 0 Å². The van der Waals surface area contributed by atoms with Gasteiger partial charge in [0, 0.05) is 0 Å². The molecule has 0 spiro atoms. The number of carboxylic acid groups (broad SMARTS) is 6. The molecule has 0 amide bonds. The van der Waals surface area contributed by atoms with Gasteiger partial charge in [-0.2, -0.15) is 0 Å². The molecule has 2 aromatic rings. The van der Waals surface area contributed by atoms with Crippen molar-refractivity contribution >= 4 is 35.8 Å². The maximum atomic E-state index is 10.4. The number of hydrogen-bond acceptors (Lipinski definition) is 12. The van der Waals surface area contributed by atoms with E-state index >= 15 is 0 Å². The summed E-state index contributed by atoms with van der Waals surface area (Å²) in [4.78, 5) is 62.5. The summed E-state index contributed by atoms with van der Waals surface area (Å²) in [7, 11) is 0. The molecule has 0 aliphatic carbocycles. The van der Waals surface area contributed by atoms with Crippen LogP contribution >= 0.6 is 0 Å². The second-order valence-corrected chi connectivity index (χ2v) is 5.32. The van der Waals surface area contributed by atoms with Gasteiger partial charge in [0.15, 0.2) is 0 Å². The van der Waals surface area contributed by atoms with E-state index in [0.717, 1.165) is 36.4 Å². The van der Waals surface area contributed by atoms with Crippen LogP contribution in [0.4, 0.5) is 0 Å². The predicted molar refractivity (Wildman–Crippen MR) is 93.5 cm³/mol. The number of carbonyl (C=O) groups is 6. The second-order valence-electron chi connectivity index (χ2n) is 5.32. The van der Waals surface area contributed by atoms with Crippen LogP contribution in [-0.4, -0.2) is 35.8 Å². The Hall–Kier alpha value is -3.30. The van der Waals surface area contributed by atoms with Crippen molar-refractivity contribution in [3.8, 4) is 0 Å². The number of benzene rings is 2. The molecule has 207 valence electrons. The Morgan fingerprint density at radius 3 is 0.472 bits per heavy atom. The SMILES string of the molecule is O=C([O-])c1cc(C(=O)[O-])cc(C(=O)[O-])c1.O=C([O-])c1cc(C(=O)[O-])cc(C(=O)[O-])c1.[Cu+2].[Cu+2].[Cu+2].[OH3+].[OH3+].[OH3+]. The molecule has 0 saturated carbocycles. The summed E-state index contributed by atoms with van der Waals surface area (Å²) in [6.07, 6.45) is 0. The number of aromatic carboxylic acids is 6. The molecule has 0 aromatic heterocycles. The Bertz CT molecular complexity index is 842. The van der Waals surface area contributed by atoms with Gasteiger partial charge in [0.25, 0.3) is 0 Å². The van der Waals surface area contributed by atoms with Crippen LogP contribution in [0.25, 0.3) is 0 Å². The Balaban J connectivity index is -0.000000107. The maximum absolute atomic E-state index is 10.4. The number of carboxylic acids is 6. The first-order chi connectivity index (χ1) is 13.8. The van der Waals surface area contributed by atoms with Crippen molar-refractivity contribution in [2.75, 3.05) is 0 Å². The van der Waals surface area contributed by atoms with Crippen molar-refractivity contribution in [2.24, 2.45) is 0 Å². The molecular formula is C18H15Cu3O15+3. The quantitative estimate of drug-likeness (QED) is 0.206. The summed E-state index contributed by atoms with van der Waals surface area (Å²) in [5, 5.41) is 62.5. The molecule has 0 aliphatic heterocycles. The first-order valence-electron chi connectivity index (χ1n) is 7.41. The van der Waals surface area contributed by atoms with Crippen LogP contribution in [0.5, 0.6) is 0 Å². The van der Waals surface area contributed by atoms with E-state index in [0.29, 0.717) is 0 Å². The molecule has 2 aromatic carbocycles. The molecule has 0 saturated heterocycles. The van der Waals surface area contributed by atoms with Gasteiger partial charge < -0.3 is 75.8 Å². The summed E-state index contributed by atoms with van der Waals surface area (Å²) in [5.74, 6) is -10.1. The topological polar surface area (TPSA) is 340 Å². The van der Waals surface area contributed by atoms with Crippen LogP contribution in [0.15, 0.2) is 36.4 Å². The summed E-state index contributed by atoms with van der Waals surface area (Å²) < 4.78 is 0. The summed E-state index contributed by atoms with van der Waals surface area (Å²) in [5.41, 5.74) is -3.36. The predicted octanol–water partition coefficient (Wildman–Crippen LogP) is -9.22. The molecule has 0 fully saturated rings. The third-order valence-electron chi connectivity index (χ3n) is 3.28. The van der Waals surface area contributed by atoms with Gasteiger partial charge in [-0.05, 0) is 69.8 Å². The zero-order chi connectivity index (χ0) is 23.2. The summed E-state index contributed by atoms with van der Waals surface area (Å²) >= 11 is 0. The molecule has 0 aliphatic rings. The van der Waals surface area contributed by atoms with E-state index in [9.17, 15) is 59.4 Å². The van der Waals surface area contributed by atoms with Crippen LogP contribution in [-0.2, 0) is 67.6 Å². The van der Waals surface area contributed by atoms with Crippen molar-refractivity contribution in [1.29, 1.82) is 0 Å². The van der Waals surface area contributed by atoms with E-state index < -0.39 is 69.2 Å². The number of hydrogen-bond donors (Lipinski definition) is 0. The largest absolute Gasteiger partial charge is 2.00 e. The number of rotatable bonds is 6. The first-order valence-corrected chi connectivity index (χ1v) is 7.41. The van der Waals surface area contributed by atoms with Gasteiger partial charge in [0.2, 0.25) is 0 Å². The molecule has 18 heteroatoms. The molecule has 0 heterocycles. The van der Waals surface area contributed by atoms with E-state index in [1.807, 2.05) is 0 Å². The fourth-order valence-electron chi connectivity index (χ4n) is 1.96. The van der Waals surface area contributed by atoms with Crippen molar-refractivity contribution in [1.82, 2.24) is 0 Å². The van der Waals surface area contributed by atoms with Crippen LogP contribution in [0.1, 0.15) is 62.1 Å². The van der Waals surface area contributed by atoms with Gasteiger partial charge in [0.1, 0.15) is 0 Å². The van der Waals surface area contributed by atoms with Gasteiger partial charge >= 0.3 is 51.2 Å². The van der Waals surface area contributed by atoms with Crippen molar-refractivity contribution in [3.63, 3.8) is 0 Å². The standard InChI is InChI=1S/2C9H6O6.3Cu.3H2O/c2*10-7(11)4-1-5(8(12)13)3-6(2-4)9(14)15;;;;;;/h2*1-3H,(H,10,11)(H,12,13)(H,14,15);;;;3*1H2/q;;3*+2;;;/p-3. The second kappa shape index (κ2) is 19.9. The third-order valence-corrected chi connectivity index (χ3v) is 3.28. The van der Waals surface area contributed by atoms with Crippen molar-refractivity contribution < 1.29 is 127 Å². The molecule has 2 rings (SSSR count). The van der Waals surface area contributed by atoms with E-state index in [4.69, 9.17) is 0 Å². The van der Waals surface area contributed by atoms with Crippen LogP contribution in [0.3, 0.4) is 0 Å². The number of carbonyl (C=O) groups excluding carboxylic acids is 6. The molecular weight excluding hydrogens is 647 g/mol. The molecule has 0 bridgehead atoms. The minimum absolute atomic E-state index is 0. The maximum Gasteiger partial charge on any atom is 2.00 e. The minimum Gasteiger partial charge on any atom is -0.545 e. The van der Waals surface area contributed by atoms with E-state index in [2.05, 4.69) is 0 Å². The fourth-order valence-corrected chi connectivity index (χ4v) is 1.96. The zero-order valence-corrected chi connectivity index (χ0v) is 19.8. The van der Waals surface area contributed by atoms with Crippen LogP contribution in [0, 0.1) is 0 Å². The average molecular weight is 662 g/mol. The monoisotopic (exact) mass is 660 g/mol.